The summed E-state index contributed by atoms with van der Waals surface area (Å²) in [5.74, 6) is 1.59. The van der Waals surface area contributed by atoms with Gasteiger partial charge in [0, 0.05) is 17.3 Å². The molecule has 1 aliphatic rings. The van der Waals surface area contributed by atoms with E-state index in [0.717, 1.165) is 22.9 Å². The summed E-state index contributed by atoms with van der Waals surface area (Å²) in [4.78, 5) is 6.27. The van der Waals surface area contributed by atoms with Crippen molar-refractivity contribution in [2.24, 2.45) is 0 Å². The number of aryl methyl sites for hydroxylation is 1. The van der Waals surface area contributed by atoms with Crippen molar-refractivity contribution in [3.8, 4) is 16.3 Å². The predicted octanol–water partition coefficient (Wildman–Crippen LogP) is 3.72. The molecule has 0 amide bonds. The highest BCUT2D eigenvalue weighted by atomic mass is 32.1. The highest BCUT2D eigenvalue weighted by molar-refractivity contribution is 7.15. The lowest BCUT2D eigenvalue weighted by atomic mass is 10.1. The van der Waals surface area contributed by atoms with Crippen molar-refractivity contribution in [3.05, 3.63) is 34.3 Å². The largest absolute Gasteiger partial charge is 0.496 e. The zero-order valence-corrected chi connectivity index (χ0v) is 13.0. The van der Waals surface area contributed by atoms with E-state index >= 15 is 0 Å². The molecule has 0 unspecified atom stereocenters. The zero-order valence-electron chi connectivity index (χ0n) is 12.2. The van der Waals surface area contributed by atoms with Crippen LogP contribution in [-0.4, -0.2) is 19.1 Å². The molecular weight excluding hydrogens is 268 g/mol. The van der Waals surface area contributed by atoms with Gasteiger partial charge in [-0.05, 0) is 44.5 Å². The van der Waals surface area contributed by atoms with Crippen LogP contribution in [0.25, 0.3) is 10.6 Å². The summed E-state index contributed by atoms with van der Waals surface area (Å²) in [5.41, 5.74) is 3.61. The predicted molar refractivity (Wildman–Crippen MR) is 83.6 cm³/mol. The van der Waals surface area contributed by atoms with Crippen LogP contribution in [0.2, 0.25) is 0 Å². The maximum absolute atomic E-state index is 5.52. The van der Waals surface area contributed by atoms with Crippen LogP contribution < -0.4 is 10.1 Å². The molecule has 0 aliphatic heterocycles. The monoisotopic (exact) mass is 288 g/mol. The molecule has 0 bridgehead atoms. The second-order valence-corrected chi connectivity index (χ2v) is 6.42. The molecule has 4 heteroatoms. The fourth-order valence-electron chi connectivity index (χ4n) is 2.42. The molecule has 106 valence electrons. The van der Waals surface area contributed by atoms with Gasteiger partial charge in [-0.2, -0.15) is 0 Å². The van der Waals surface area contributed by atoms with E-state index in [9.17, 15) is 0 Å². The minimum absolute atomic E-state index is 0.680. The standard InChI is InChI=1S/C16H20N2OS/c1-10-4-7-12(13(8-10)19-3)16-18-15(11-5-6-11)14(20-16)9-17-2/h4,7-8,11,17H,5-6,9H2,1-3H3. The van der Waals surface area contributed by atoms with E-state index in [1.54, 1.807) is 18.4 Å². The van der Waals surface area contributed by atoms with E-state index in [-0.39, 0.29) is 0 Å². The van der Waals surface area contributed by atoms with Crippen LogP contribution in [0.5, 0.6) is 5.75 Å². The van der Waals surface area contributed by atoms with E-state index in [4.69, 9.17) is 9.72 Å². The third-order valence-corrected chi connectivity index (χ3v) is 4.72. The van der Waals surface area contributed by atoms with Crippen LogP contribution >= 0.6 is 11.3 Å². The molecular formula is C16H20N2OS. The number of nitrogens with zero attached hydrogens (tertiary/aromatic N) is 1. The lowest BCUT2D eigenvalue weighted by Gasteiger charge is -2.06. The molecule has 1 aliphatic carbocycles. The zero-order chi connectivity index (χ0) is 14.1. The number of aromatic nitrogens is 1. The van der Waals surface area contributed by atoms with E-state index in [1.807, 2.05) is 7.05 Å². The summed E-state index contributed by atoms with van der Waals surface area (Å²) in [6, 6.07) is 6.31. The molecule has 0 spiro atoms. The number of ether oxygens (including phenoxy) is 1. The fraction of sp³-hybridized carbons (Fsp3) is 0.438. The molecule has 1 saturated carbocycles. The summed E-state index contributed by atoms with van der Waals surface area (Å²) in [6.07, 6.45) is 2.57. The maximum Gasteiger partial charge on any atom is 0.129 e. The number of nitrogens with one attached hydrogen (secondary N) is 1. The first kappa shape index (κ1) is 13.6. The van der Waals surface area contributed by atoms with Gasteiger partial charge in [0.05, 0.1) is 18.4 Å². The van der Waals surface area contributed by atoms with Gasteiger partial charge in [-0.1, -0.05) is 6.07 Å². The number of thiazole rings is 1. The van der Waals surface area contributed by atoms with E-state index < -0.39 is 0 Å². The van der Waals surface area contributed by atoms with Crippen molar-refractivity contribution in [1.29, 1.82) is 0 Å². The molecule has 1 heterocycles. The summed E-state index contributed by atoms with van der Waals surface area (Å²) in [5, 5.41) is 4.33. The molecule has 1 N–H and O–H groups in total. The average Bonchev–Trinajstić information content (AvgIpc) is 3.21. The number of methoxy groups -OCH3 is 1. The Bertz CT molecular complexity index is 617. The van der Waals surface area contributed by atoms with Gasteiger partial charge in [0.15, 0.2) is 0 Å². The second kappa shape index (κ2) is 5.54. The van der Waals surface area contributed by atoms with Crippen molar-refractivity contribution in [1.82, 2.24) is 10.3 Å². The van der Waals surface area contributed by atoms with Crippen molar-refractivity contribution in [3.63, 3.8) is 0 Å². The maximum atomic E-state index is 5.52. The van der Waals surface area contributed by atoms with Crippen molar-refractivity contribution >= 4 is 11.3 Å². The molecule has 20 heavy (non-hydrogen) atoms. The molecule has 1 aromatic heterocycles. The van der Waals surface area contributed by atoms with Gasteiger partial charge in [-0.25, -0.2) is 4.98 Å². The minimum Gasteiger partial charge on any atom is -0.496 e. The number of hydrogen-bond acceptors (Lipinski definition) is 4. The van der Waals surface area contributed by atoms with Crippen molar-refractivity contribution in [2.45, 2.75) is 32.2 Å². The van der Waals surface area contributed by atoms with Gasteiger partial charge in [-0.3, -0.25) is 0 Å². The lowest BCUT2D eigenvalue weighted by Crippen LogP contribution is -2.05. The van der Waals surface area contributed by atoms with Crippen molar-refractivity contribution in [2.75, 3.05) is 14.2 Å². The van der Waals surface area contributed by atoms with Crippen LogP contribution in [-0.2, 0) is 6.54 Å². The first-order valence-corrected chi connectivity index (χ1v) is 7.83. The van der Waals surface area contributed by atoms with Crippen LogP contribution in [0.3, 0.4) is 0 Å². The summed E-state index contributed by atoms with van der Waals surface area (Å²) in [7, 11) is 3.71. The van der Waals surface area contributed by atoms with E-state index in [0.29, 0.717) is 5.92 Å². The van der Waals surface area contributed by atoms with Gasteiger partial charge in [0.25, 0.3) is 0 Å². The molecule has 2 aromatic rings. The van der Waals surface area contributed by atoms with Gasteiger partial charge in [0.2, 0.25) is 0 Å². The SMILES string of the molecule is CNCc1sc(-c2ccc(C)cc2OC)nc1C1CC1. The van der Waals surface area contributed by atoms with Gasteiger partial charge >= 0.3 is 0 Å². The normalized spacial score (nSPS) is 14.6. The third-order valence-electron chi connectivity index (χ3n) is 3.62. The Labute approximate surface area is 124 Å². The average molecular weight is 288 g/mol. The third kappa shape index (κ3) is 2.58. The topological polar surface area (TPSA) is 34.1 Å². The quantitative estimate of drug-likeness (QED) is 0.910. The van der Waals surface area contributed by atoms with E-state index in [2.05, 4.69) is 30.4 Å². The summed E-state index contributed by atoms with van der Waals surface area (Å²) >= 11 is 1.79. The van der Waals surface area contributed by atoms with Crippen LogP contribution in [0.15, 0.2) is 18.2 Å². The summed E-state index contributed by atoms with van der Waals surface area (Å²) in [6.45, 7) is 2.98. The molecule has 0 radical (unpaired) electrons. The van der Waals surface area contributed by atoms with Gasteiger partial charge in [0.1, 0.15) is 10.8 Å². The highest BCUT2D eigenvalue weighted by Gasteiger charge is 2.30. The molecule has 3 rings (SSSR count). The molecule has 0 atom stereocenters. The fourth-order valence-corrected chi connectivity index (χ4v) is 3.61. The second-order valence-electron chi connectivity index (χ2n) is 5.34. The first-order valence-electron chi connectivity index (χ1n) is 7.02. The van der Waals surface area contributed by atoms with Crippen LogP contribution in [0.1, 0.15) is 34.9 Å². The lowest BCUT2D eigenvalue weighted by molar-refractivity contribution is 0.416. The highest BCUT2D eigenvalue weighted by Crippen LogP contribution is 2.45. The van der Waals surface area contributed by atoms with Gasteiger partial charge in [-0.15, -0.1) is 11.3 Å². The minimum atomic E-state index is 0.680. The smallest absolute Gasteiger partial charge is 0.129 e. The summed E-state index contributed by atoms with van der Waals surface area (Å²) < 4.78 is 5.52. The van der Waals surface area contributed by atoms with Crippen LogP contribution in [0.4, 0.5) is 0 Å². The van der Waals surface area contributed by atoms with E-state index in [1.165, 1.54) is 29.0 Å². The van der Waals surface area contributed by atoms with Crippen LogP contribution in [0, 0.1) is 6.92 Å². The van der Waals surface area contributed by atoms with Gasteiger partial charge < -0.3 is 10.1 Å². The number of rotatable bonds is 5. The Kier molecular flexibility index (Phi) is 3.76. The Morgan fingerprint density at radius 2 is 2.20 bits per heavy atom. The van der Waals surface area contributed by atoms with Crippen molar-refractivity contribution < 1.29 is 4.74 Å². The molecule has 1 aromatic carbocycles. The Balaban J connectivity index is 2.03. The molecule has 1 fully saturated rings. The Morgan fingerprint density at radius 1 is 1.40 bits per heavy atom. The molecule has 0 saturated heterocycles. The molecule has 3 nitrogen and oxygen atoms in total. The Morgan fingerprint density at radius 3 is 2.85 bits per heavy atom. The Hall–Kier alpha value is -1.39. The number of hydrogen-bond donors (Lipinski definition) is 1. The number of benzene rings is 1. The first-order chi connectivity index (χ1) is 9.72.